The summed E-state index contributed by atoms with van der Waals surface area (Å²) in [6, 6.07) is 7.37. The average molecular weight is 274 g/mol. The Labute approximate surface area is 118 Å². The van der Waals surface area contributed by atoms with Crippen molar-refractivity contribution in [1.82, 2.24) is 4.90 Å². The molecule has 2 heterocycles. The second-order valence-corrected chi connectivity index (χ2v) is 5.27. The minimum Gasteiger partial charge on any atom is -0.380 e. The summed E-state index contributed by atoms with van der Waals surface area (Å²) >= 11 is 0. The smallest absolute Gasteiger partial charge is 0.250 e. The molecule has 0 N–H and O–H groups in total. The average Bonchev–Trinajstić information content (AvgIpc) is 2.94. The summed E-state index contributed by atoms with van der Waals surface area (Å²) in [5.74, 6) is 0.0842. The summed E-state index contributed by atoms with van der Waals surface area (Å²) in [6.07, 6.45) is 1.69. The molecule has 5 nitrogen and oxygen atoms in total. The molecule has 1 unspecified atom stereocenters. The predicted octanol–water partition coefficient (Wildman–Crippen LogP) is 1.17. The molecular weight excluding hydrogens is 256 g/mol. The van der Waals surface area contributed by atoms with Crippen molar-refractivity contribution in [2.24, 2.45) is 0 Å². The Bertz CT molecular complexity index is 544. The first kappa shape index (κ1) is 13.1. The highest BCUT2D eigenvalue weighted by Gasteiger charge is 2.42. The molecule has 0 aromatic heterocycles. The maximum Gasteiger partial charge on any atom is 0.250 e. The number of ether oxygens (including phenoxy) is 1. The fourth-order valence-corrected chi connectivity index (χ4v) is 3.01. The molecule has 2 fully saturated rings. The molecule has 0 spiro atoms. The molecule has 2 amide bonds. The van der Waals surface area contributed by atoms with Gasteiger partial charge in [-0.25, -0.2) is 0 Å². The Morgan fingerprint density at radius 1 is 1.35 bits per heavy atom. The lowest BCUT2D eigenvalue weighted by atomic mass is 10.1. The molecular formula is C15H18N2O3. The summed E-state index contributed by atoms with van der Waals surface area (Å²) in [7, 11) is 1.64. The van der Waals surface area contributed by atoms with Crippen molar-refractivity contribution in [3.05, 3.63) is 29.8 Å². The molecule has 0 bridgehead atoms. The van der Waals surface area contributed by atoms with Crippen molar-refractivity contribution in [3.63, 3.8) is 0 Å². The Hall–Kier alpha value is -1.88. The van der Waals surface area contributed by atoms with Gasteiger partial charge >= 0.3 is 0 Å². The number of benzene rings is 1. The number of piperazine rings is 1. The summed E-state index contributed by atoms with van der Waals surface area (Å²) in [5, 5.41) is 0. The quantitative estimate of drug-likeness (QED) is 0.831. The van der Waals surface area contributed by atoms with Gasteiger partial charge in [-0.05, 0) is 30.5 Å². The topological polar surface area (TPSA) is 49.9 Å². The lowest BCUT2D eigenvalue weighted by Gasteiger charge is -2.36. The van der Waals surface area contributed by atoms with E-state index in [2.05, 4.69) is 0 Å². The number of amides is 2. The Kier molecular flexibility index (Phi) is 3.44. The van der Waals surface area contributed by atoms with Crippen LogP contribution in [0.4, 0.5) is 5.69 Å². The van der Waals surface area contributed by atoms with Crippen molar-refractivity contribution in [1.29, 1.82) is 0 Å². The molecule has 2 aliphatic rings. The van der Waals surface area contributed by atoms with Gasteiger partial charge in [-0.1, -0.05) is 12.1 Å². The Morgan fingerprint density at radius 2 is 2.20 bits per heavy atom. The molecule has 20 heavy (non-hydrogen) atoms. The zero-order valence-corrected chi connectivity index (χ0v) is 11.5. The molecule has 2 saturated heterocycles. The van der Waals surface area contributed by atoms with Gasteiger partial charge in [-0.15, -0.1) is 0 Å². The van der Waals surface area contributed by atoms with Crippen molar-refractivity contribution in [2.45, 2.75) is 25.5 Å². The van der Waals surface area contributed by atoms with Crippen LogP contribution in [-0.2, 0) is 20.9 Å². The van der Waals surface area contributed by atoms with Gasteiger partial charge < -0.3 is 14.5 Å². The lowest BCUT2D eigenvalue weighted by molar-refractivity contribution is -0.140. The molecule has 1 aromatic carbocycles. The molecule has 0 radical (unpaired) electrons. The van der Waals surface area contributed by atoms with Crippen LogP contribution in [0.1, 0.15) is 18.4 Å². The van der Waals surface area contributed by atoms with Gasteiger partial charge in [-0.3, -0.25) is 9.59 Å². The minimum atomic E-state index is -0.262. The van der Waals surface area contributed by atoms with E-state index in [4.69, 9.17) is 4.74 Å². The Morgan fingerprint density at radius 3 is 3.00 bits per heavy atom. The van der Waals surface area contributed by atoms with Gasteiger partial charge in [0.15, 0.2) is 0 Å². The van der Waals surface area contributed by atoms with Crippen LogP contribution in [0.15, 0.2) is 24.3 Å². The highest BCUT2D eigenvalue weighted by molar-refractivity contribution is 6.06. The zero-order valence-electron chi connectivity index (χ0n) is 11.5. The minimum absolute atomic E-state index is 0.0386. The molecule has 0 aliphatic carbocycles. The van der Waals surface area contributed by atoms with Crippen LogP contribution < -0.4 is 4.90 Å². The second kappa shape index (κ2) is 5.25. The van der Waals surface area contributed by atoms with Crippen LogP contribution >= 0.6 is 0 Å². The molecule has 3 rings (SSSR count). The van der Waals surface area contributed by atoms with E-state index in [1.807, 2.05) is 24.3 Å². The standard InChI is InChI=1S/C15H18N2O3/c1-20-10-11-4-2-5-12(8-11)17-9-14(18)16-7-3-6-13(16)15(17)19/h2,4-5,8,13H,3,6-7,9-10H2,1H3. The number of fused-ring (bicyclic) bond motifs is 1. The van der Waals surface area contributed by atoms with Gasteiger partial charge in [0.05, 0.1) is 6.61 Å². The van der Waals surface area contributed by atoms with E-state index < -0.39 is 0 Å². The molecule has 0 saturated carbocycles. The maximum atomic E-state index is 12.5. The maximum absolute atomic E-state index is 12.5. The third-order valence-corrected chi connectivity index (χ3v) is 3.95. The number of rotatable bonds is 3. The predicted molar refractivity (Wildman–Crippen MR) is 74.2 cm³/mol. The van der Waals surface area contributed by atoms with Gasteiger partial charge in [0.2, 0.25) is 11.8 Å². The monoisotopic (exact) mass is 274 g/mol. The van der Waals surface area contributed by atoms with Crippen molar-refractivity contribution in [2.75, 3.05) is 25.1 Å². The lowest BCUT2D eigenvalue weighted by Crippen LogP contribution is -2.57. The number of carbonyl (C=O) groups is 2. The highest BCUT2D eigenvalue weighted by Crippen LogP contribution is 2.27. The third-order valence-electron chi connectivity index (χ3n) is 3.95. The van der Waals surface area contributed by atoms with E-state index in [1.165, 1.54) is 0 Å². The van der Waals surface area contributed by atoms with E-state index in [9.17, 15) is 9.59 Å². The fraction of sp³-hybridized carbons (Fsp3) is 0.467. The SMILES string of the molecule is COCc1cccc(N2CC(=O)N3CCCC3C2=O)c1. The fourth-order valence-electron chi connectivity index (χ4n) is 3.01. The van der Waals surface area contributed by atoms with Crippen LogP contribution in [-0.4, -0.2) is 43.0 Å². The largest absolute Gasteiger partial charge is 0.380 e. The van der Waals surface area contributed by atoms with Gasteiger partial charge in [0.25, 0.3) is 0 Å². The van der Waals surface area contributed by atoms with Crippen LogP contribution in [0.2, 0.25) is 0 Å². The van der Waals surface area contributed by atoms with E-state index >= 15 is 0 Å². The first-order valence-electron chi connectivity index (χ1n) is 6.89. The first-order chi connectivity index (χ1) is 9.70. The molecule has 2 aliphatic heterocycles. The summed E-state index contributed by atoms with van der Waals surface area (Å²) in [5.41, 5.74) is 1.78. The number of nitrogens with zero attached hydrogens (tertiary/aromatic N) is 2. The van der Waals surface area contributed by atoms with E-state index in [-0.39, 0.29) is 24.4 Å². The zero-order chi connectivity index (χ0) is 14.1. The van der Waals surface area contributed by atoms with Crippen LogP contribution in [0, 0.1) is 0 Å². The number of anilines is 1. The molecule has 5 heteroatoms. The number of carbonyl (C=O) groups excluding carboxylic acids is 2. The normalized spacial score (nSPS) is 22.4. The number of methoxy groups -OCH3 is 1. The highest BCUT2D eigenvalue weighted by atomic mass is 16.5. The van der Waals surface area contributed by atoms with Crippen LogP contribution in [0.5, 0.6) is 0 Å². The van der Waals surface area contributed by atoms with E-state index in [1.54, 1.807) is 16.9 Å². The van der Waals surface area contributed by atoms with Gasteiger partial charge in [0, 0.05) is 19.3 Å². The second-order valence-electron chi connectivity index (χ2n) is 5.27. The van der Waals surface area contributed by atoms with Crippen molar-refractivity contribution >= 4 is 17.5 Å². The van der Waals surface area contributed by atoms with Crippen molar-refractivity contribution in [3.8, 4) is 0 Å². The number of hydrogen-bond acceptors (Lipinski definition) is 3. The van der Waals surface area contributed by atoms with Crippen molar-refractivity contribution < 1.29 is 14.3 Å². The summed E-state index contributed by atoms with van der Waals surface area (Å²) < 4.78 is 5.11. The van der Waals surface area contributed by atoms with Crippen LogP contribution in [0.3, 0.4) is 0 Å². The molecule has 106 valence electrons. The molecule has 1 aromatic rings. The summed E-state index contributed by atoms with van der Waals surface area (Å²) in [4.78, 5) is 28.0. The number of hydrogen-bond donors (Lipinski definition) is 0. The molecule has 1 atom stereocenters. The summed E-state index contributed by atoms with van der Waals surface area (Å²) in [6.45, 7) is 1.36. The third kappa shape index (κ3) is 2.18. The van der Waals surface area contributed by atoms with Crippen LogP contribution in [0.25, 0.3) is 0 Å². The van der Waals surface area contributed by atoms with Gasteiger partial charge in [-0.2, -0.15) is 0 Å². The first-order valence-corrected chi connectivity index (χ1v) is 6.89. The Balaban J connectivity index is 1.87. The van der Waals surface area contributed by atoms with E-state index in [0.29, 0.717) is 13.2 Å². The van der Waals surface area contributed by atoms with Gasteiger partial charge in [0.1, 0.15) is 12.6 Å². The van der Waals surface area contributed by atoms with E-state index in [0.717, 1.165) is 24.1 Å².